The number of thioether (sulfide) groups is 1. The average Bonchev–Trinajstić information content (AvgIpc) is 3.32. The number of aromatic nitrogens is 3. The van der Waals surface area contributed by atoms with E-state index in [-0.39, 0.29) is 17.6 Å². The first-order valence-corrected chi connectivity index (χ1v) is 10.7. The Morgan fingerprint density at radius 2 is 2.03 bits per heavy atom. The second kappa shape index (κ2) is 9.18. The fourth-order valence-electron chi connectivity index (χ4n) is 2.88. The number of benzene rings is 1. The van der Waals surface area contributed by atoms with Crippen LogP contribution in [-0.2, 0) is 11.3 Å². The van der Waals surface area contributed by atoms with Gasteiger partial charge in [0.05, 0.1) is 30.2 Å². The number of nitrogens with zero attached hydrogens (tertiary/aromatic N) is 4. The number of furan rings is 1. The second-order valence-corrected chi connectivity index (χ2v) is 8.52. The van der Waals surface area contributed by atoms with Gasteiger partial charge in [0.1, 0.15) is 11.3 Å². The highest BCUT2D eigenvalue weighted by molar-refractivity contribution is 7.99. The highest BCUT2D eigenvalue weighted by Crippen LogP contribution is 2.28. The molecule has 0 bridgehead atoms. The normalized spacial score (nSPS) is 13.1. The van der Waals surface area contributed by atoms with Crippen LogP contribution in [0.2, 0.25) is 0 Å². The van der Waals surface area contributed by atoms with Crippen molar-refractivity contribution in [1.82, 2.24) is 20.1 Å². The van der Waals surface area contributed by atoms with Gasteiger partial charge in [-0.15, -0.1) is 10.2 Å². The number of rotatable bonds is 8. The van der Waals surface area contributed by atoms with Gasteiger partial charge in [-0.3, -0.25) is 9.36 Å². The summed E-state index contributed by atoms with van der Waals surface area (Å²) >= 11 is 1.30. The standard InChI is InChI=1S/C22H25N5O2S/c1-15(2)22(4,14-23)24-19(28)13-30-21-26-25-20(18-10-11-29-16(18)3)27(21)12-17-8-6-5-7-9-17/h5-11,15H,12-13H2,1-4H3,(H,24,28)/t22-/m0/s1. The Morgan fingerprint density at radius 3 is 2.63 bits per heavy atom. The molecule has 2 heterocycles. The lowest BCUT2D eigenvalue weighted by Crippen LogP contribution is -2.49. The van der Waals surface area contributed by atoms with Crippen LogP contribution in [0.25, 0.3) is 11.4 Å². The Bertz CT molecular complexity index is 1050. The summed E-state index contributed by atoms with van der Waals surface area (Å²) in [6.45, 7) is 8.00. The minimum Gasteiger partial charge on any atom is -0.469 e. The van der Waals surface area contributed by atoms with Crippen LogP contribution in [0.3, 0.4) is 0 Å². The largest absolute Gasteiger partial charge is 0.469 e. The predicted molar refractivity (Wildman–Crippen MR) is 116 cm³/mol. The molecule has 30 heavy (non-hydrogen) atoms. The lowest BCUT2D eigenvalue weighted by atomic mass is 9.90. The smallest absolute Gasteiger partial charge is 0.231 e. The highest BCUT2D eigenvalue weighted by atomic mass is 32.2. The maximum Gasteiger partial charge on any atom is 0.231 e. The summed E-state index contributed by atoms with van der Waals surface area (Å²) in [5, 5.41) is 21.6. The number of hydrogen-bond acceptors (Lipinski definition) is 6. The minimum absolute atomic E-state index is 0.00569. The first kappa shape index (κ1) is 21.7. The molecule has 2 aromatic heterocycles. The Balaban J connectivity index is 1.83. The molecule has 0 aliphatic rings. The van der Waals surface area contributed by atoms with Crippen LogP contribution in [0.4, 0.5) is 0 Å². The highest BCUT2D eigenvalue weighted by Gasteiger charge is 2.30. The van der Waals surface area contributed by atoms with Gasteiger partial charge in [-0.2, -0.15) is 5.26 Å². The molecule has 156 valence electrons. The van der Waals surface area contributed by atoms with Crippen molar-refractivity contribution in [3.63, 3.8) is 0 Å². The van der Waals surface area contributed by atoms with E-state index in [1.54, 1.807) is 13.2 Å². The zero-order valence-corrected chi connectivity index (χ0v) is 18.4. The first-order chi connectivity index (χ1) is 14.3. The van der Waals surface area contributed by atoms with E-state index in [0.717, 1.165) is 16.9 Å². The number of amides is 1. The SMILES string of the molecule is Cc1occc1-c1nnc(SCC(=O)N[C@@](C)(C#N)C(C)C)n1Cc1ccccc1. The van der Waals surface area contributed by atoms with E-state index in [0.29, 0.717) is 17.5 Å². The minimum atomic E-state index is -0.908. The molecular formula is C22H25N5O2S. The van der Waals surface area contributed by atoms with Crippen molar-refractivity contribution in [2.75, 3.05) is 5.75 Å². The Hall–Kier alpha value is -3.05. The second-order valence-electron chi connectivity index (χ2n) is 7.57. The zero-order valence-electron chi connectivity index (χ0n) is 17.5. The molecule has 3 rings (SSSR count). The molecular weight excluding hydrogens is 398 g/mol. The Kier molecular flexibility index (Phi) is 6.63. The monoisotopic (exact) mass is 423 g/mol. The van der Waals surface area contributed by atoms with Gasteiger partial charge in [-0.25, -0.2) is 0 Å². The summed E-state index contributed by atoms with van der Waals surface area (Å²) < 4.78 is 7.42. The third kappa shape index (κ3) is 4.74. The number of nitrogens with one attached hydrogen (secondary N) is 1. The lowest BCUT2D eigenvalue weighted by Gasteiger charge is -2.27. The first-order valence-electron chi connectivity index (χ1n) is 9.70. The number of carbonyl (C=O) groups is 1. The van der Waals surface area contributed by atoms with Crippen LogP contribution in [-0.4, -0.2) is 32.0 Å². The fraction of sp³-hybridized carbons (Fsp3) is 0.364. The van der Waals surface area contributed by atoms with Gasteiger partial charge in [0.15, 0.2) is 11.0 Å². The molecule has 0 saturated carbocycles. The number of aryl methyl sites for hydroxylation is 1. The van der Waals surface area contributed by atoms with Gasteiger partial charge in [0.25, 0.3) is 0 Å². The van der Waals surface area contributed by atoms with Crippen LogP contribution in [0.15, 0.2) is 52.2 Å². The van der Waals surface area contributed by atoms with E-state index in [4.69, 9.17) is 4.42 Å². The van der Waals surface area contributed by atoms with Crippen LogP contribution >= 0.6 is 11.8 Å². The van der Waals surface area contributed by atoms with Crippen LogP contribution in [0.5, 0.6) is 0 Å². The van der Waals surface area contributed by atoms with Crippen LogP contribution in [0.1, 0.15) is 32.1 Å². The maximum atomic E-state index is 12.5. The van der Waals surface area contributed by atoms with Gasteiger partial charge in [0, 0.05) is 0 Å². The molecule has 0 spiro atoms. The lowest BCUT2D eigenvalue weighted by molar-refractivity contribution is -0.120. The van der Waals surface area contributed by atoms with Gasteiger partial charge in [0.2, 0.25) is 5.91 Å². The van der Waals surface area contributed by atoms with Gasteiger partial charge >= 0.3 is 0 Å². The molecule has 1 aromatic carbocycles. The molecule has 0 radical (unpaired) electrons. The van der Waals surface area contributed by atoms with E-state index in [2.05, 4.69) is 21.6 Å². The van der Waals surface area contributed by atoms with Crippen molar-refractivity contribution in [3.05, 3.63) is 54.0 Å². The summed E-state index contributed by atoms with van der Waals surface area (Å²) in [6, 6.07) is 14.1. The van der Waals surface area contributed by atoms with E-state index >= 15 is 0 Å². The predicted octanol–water partition coefficient (Wildman–Crippen LogP) is 4.04. The van der Waals surface area contributed by atoms with E-state index in [1.165, 1.54) is 11.8 Å². The number of hydrogen-bond donors (Lipinski definition) is 1. The van der Waals surface area contributed by atoms with Crippen molar-refractivity contribution >= 4 is 17.7 Å². The average molecular weight is 424 g/mol. The molecule has 7 nitrogen and oxygen atoms in total. The third-order valence-corrected chi connectivity index (χ3v) is 6.09. The quantitative estimate of drug-likeness (QED) is 0.549. The molecule has 0 unspecified atom stereocenters. The van der Waals surface area contributed by atoms with Crippen LogP contribution < -0.4 is 5.32 Å². The molecule has 0 aliphatic heterocycles. The zero-order chi connectivity index (χ0) is 21.7. The summed E-state index contributed by atoms with van der Waals surface area (Å²) in [4.78, 5) is 12.5. The summed E-state index contributed by atoms with van der Waals surface area (Å²) in [5.74, 6) is 1.37. The van der Waals surface area contributed by atoms with E-state index in [9.17, 15) is 10.1 Å². The van der Waals surface area contributed by atoms with Crippen molar-refractivity contribution in [3.8, 4) is 17.5 Å². The van der Waals surface area contributed by atoms with E-state index in [1.807, 2.05) is 61.7 Å². The molecule has 3 aromatic rings. The molecule has 8 heteroatoms. The van der Waals surface area contributed by atoms with Gasteiger partial charge < -0.3 is 9.73 Å². The van der Waals surface area contributed by atoms with Crippen molar-refractivity contribution in [1.29, 1.82) is 5.26 Å². The van der Waals surface area contributed by atoms with Crippen molar-refractivity contribution < 1.29 is 9.21 Å². The molecule has 1 atom stereocenters. The molecule has 0 aliphatic carbocycles. The Morgan fingerprint density at radius 1 is 1.30 bits per heavy atom. The number of carbonyl (C=O) groups excluding carboxylic acids is 1. The fourth-order valence-corrected chi connectivity index (χ4v) is 3.62. The maximum absolute atomic E-state index is 12.5. The molecule has 1 N–H and O–H groups in total. The summed E-state index contributed by atoms with van der Waals surface area (Å²) in [7, 11) is 0. The van der Waals surface area contributed by atoms with Gasteiger partial charge in [-0.1, -0.05) is 55.9 Å². The molecule has 0 saturated heterocycles. The molecule has 0 fully saturated rings. The van der Waals surface area contributed by atoms with Crippen molar-refractivity contribution in [2.45, 2.75) is 44.9 Å². The van der Waals surface area contributed by atoms with Gasteiger partial charge in [-0.05, 0) is 31.4 Å². The number of nitriles is 1. The topological polar surface area (TPSA) is 96.7 Å². The summed E-state index contributed by atoms with van der Waals surface area (Å²) in [5.41, 5.74) is 1.06. The Labute approximate surface area is 180 Å². The molecule has 1 amide bonds. The van der Waals surface area contributed by atoms with E-state index < -0.39 is 5.54 Å². The summed E-state index contributed by atoms with van der Waals surface area (Å²) in [6.07, 6.45) is 1.63. The van der Waals surface area contributed by atoms with Crippen LogP contribution in [0, 0.1) is 24.2 Å². The third-order valence-electron chi connectivity index (χ3n) is 5.12. The van der Waals surface area contributed by atoms with Crippen molar-refractivity contribution in [2.24, 2.45) is 5.92 Å².